The molecule has 9 nitrogen and oxygen atoms in total. The number of nitrogens with one attached hydrogen (secondary N) is 1. The van der Waals surface area contributed by atoms with E-state index in [0.717, 1.165) is 33.0 Å². The van der Waals surface area contributed by atoms with E-state index in [1.54, 1.807) is 48.5 Å². The number of anilines is 1. The normalized spacial score (nSPS) is 14.0. The Hall–Kier alpha value is -5.09. The maximum absolute atomic E-state index is 13.2. The van der Waals surface area contributed by atoms with E-state index in [0.29, 0.717) is 22.7 Å². The number of ether oxygens (including phenoxy) is 2. The highest BCUT2D eigenvalue weighted by Gasteiger charge is 2.36. The van der Waals surface area contributed by atoms with Crippen LogP contribution in [-0.4, -0.2) is 46.7 Å². The summed E-state index contributed by atoms with van der Waals surface area (Å²) in [6.07, 6.45) is 1.61. The lowest BCUT2D eigenvalue weighted by Gasteiger charge is -2.14. The van der Waals surface area contributed by atoms with Crippen LogP contribution in [0.5, 0.6) is 11.5 Å². The van der Waals surface area contributed by atoms with Crippen LogP contribution in [0.2, 0.25) is 0 Å². The first-order valence-electron chi connectivity index (χ1n) is 12.5. The van der Waals surface area contributed by atoms with Gasteiger partial charge in [0.25, 0.3) is 11.1 Å². The van der Waals surface area contributed by atoms with Gasteiger partial charge in [-0.2, -0.15) is 0 Å². The zero-order valence-corrected chi connectivity index (χ0v) is 22.6. The molecule has 2 N–H and O–H groups in total. The molecular formula is C31H24N2O7S. The Labute approximate surface area is 239 Å². The first kappa shape index (κ1) is 27.5. The van der Waals surface area contributed by atoms with Crippen molar-refractivity contribution in [1.82, 2.24) is 4.90 Å². The van der Waals surface area contributed by atoms with Crippen molar-refractivity contribution in [3.05, 3.63) is 107 Å². The Kier molecular flexibility index (Phi) is 8.02. The number of carboxylic acids is 1. The molecule has 206 valence electrons. The average molecular weight is 569 g/mol. The topological polar surface area (TPSA) is 122 Å². The van der Waals surface area contributed by atoms with Gasteiger partial charge in [0, 0.05) is 11.3 Å². The lowest BCUT2D eigenvalue weighted by molar-refractivity contribution is -0.127. The maximum atomic E-state index is 13.2. The molecule has 0 spiro atoms. The summed E-state index contributed by atoms with van der Waals surface area (Å²) < 4.78 is 11.2. The number of thioether (sulfide) groups is 1. The van der Waals surface area contributed by atoms with Crippen molar-refractivity contribution in [2.75, 3.05) is 19.0 Å². The number of carbonyl (C=O) groups excluding carboxylic acids is 3. The van der Waals surface area contributed by atoms with Crippen molar-refractivity contribution in [3.8, 4) is 11.5 Å². The summed E-state index contributed by atoms with van der Waals surface area (Å²) in [6.45, 7) is -0.272. The van der Waals surface area contributed by atoms with Gasteiger partial charge in [0.1, 0.15) is 24.7 Å². The van der Waals surface area contributed by atoms with Crippen LogP contribution in [0.15, 0.2) is 89.8 Å². The number of carbonyl (C=O) groups is 4. The second-order valence-corrected chi connectivity index (χ2v) is 10.0. The van der Waals surface area contributed by atoms with E-state index in [1.165, 1.54) is 19.2 Å². The summed E-state index contributed by atoms with van der Waals surface area (Å²) in [6, 6.07) is 24.3. The predicted molar refractivity (Wildman–Crippen MR) is 156 cm³/mol. The number of amides is 3. The molecule has 1 heterocycles. The third kappa shape index (κ3) is 6.23. The van der Waals surface area contributed by atoms with Crippen LogP contribution in [-0.2, 0) is 16.2 Å². The first-order valence-corrected chi connectivity index (χ1v) is 13.3. The van der Waals surface area contributed by atoms with Gasteiger partial charge in [0.2, 0.25) is 5.91 Å². The van der Waals surface area contributed by atoms with Crippen LogP contribution in [0.25, 0.3) is 16.8 Å². The van der Waals surface area contributed by atoms with Crippen molar-refractivity contribution >= 4 is 57.3 Å². The van der Waals surface area contributed by atoms with Crippen LogP contribution in [0, 0.1) is 0 Å². The Morgan fingerprint density at radius 2 is 1.68 bits per heavy atom. The second kappa shape index (κ2) is 12.0. The third-order valence-electron chi connectivity index (χ3n) is 6.35. The summed E-state index contributed by atoms with van der Waals surface area (Å²) in [5.41, 5.74) is 2.05. The fourth-order valence-electron chi connectivity index (χ4n) is 4.24. The van der Waals surface area contributed by atoms with E-state index in [-0.39, 0.29) is 17.1 Å². The second-order valence-electron chi connectivity index (χ2n) is 9.03. The smallest absolute Gasteiger partial charge is 0.335 e. The minimum atomic E-state index is -1.01. The van der Waals surface area contributed by atoms with Crippen LogP contribution in [0.3, 0.4) is 0 Å². The Bertz CT molecular complexity index is 1680. The molecule has 1 saturated heterocycles. The summed E-state index contributed by atoms with van der Waals surface area (Å²) in [5.74, 6) is -0.988. The SMILES string of the molecule is COc1ccc(NC(=O)CN2C(=O)S/C(=C/c3c(OCc4ccc(C(=O)O)cc4)ccc4ccccc34)C2=O)cc1. The molecule has 0 radical (unpaired) electrons. The Balaban J connectivity index is 1.36. The summed E-state index contributed by atoms with van der Waals surface area (Å²) in [7, 11) is 1.54. The molecule has 5 rings (SSSR count). The van der Waals surface area contributed by atoms with Gasteiger partial charge in [-0.1, -0.05) is 42.5 Å². The van der Waals surface area contributed by atoms with E-state index < -0.39 is 29.6 Å². The van der Waals surface area contributed by atoms with E-state index >= 15 is 0 Å². The molecule has 0 saturated carbocycles. The fourth-order valence-corrected chi connectivity index (χ4v) is 5.06. The van der Waals surface area contributed by atoms with Gasteiger partial charge < -0.3 is 19.9 Å². The van der Waals surface area contributed by atoms with Crippen molar-refractivity contribution in [2.24, 2.45) is 0 Å². The number of carboxylic acid groups (broad SMARTS) is 1. The lowest BCUT2D eigenvalue weighted by atomic mass is 10.0. The number of aromatic carboxylic acids is 1. The fraction of sp³-hybridized carbons (Fsp3) is 0.0968. The van der Waals surface area contributed by atoms with Crippen LogP contribution in [0.1, 0.15) is 21.5 Å². The molecule has 0 atom stereocenters. The Morgan fingerprint density at radius 1 is 0.951 bits per heavy atom. The third-order valence-corrected chi connectivity index (χ3v) is 7.26. The van der Waals surface area contributed by atoms with Gasteiger partial charge in [-0.25, -0.2) is 4.79 Å². The quantitative estimate of drug-likeness (QED) is 0.243. The number of nitrogens with zero attached hydrogens (tertiary/aromatic N) is 1. The van der Waals surface area contributed by atoms with Gasteiger partial charge in [0.15, 0.2) is 0 Å². The molecule has 3 amide bonds. The minimum Gasteiger partial charge on any atom is -0.497 e. The molecule has 0 aliphatic carbocycles. The highest BCUT2D eigenvalue weighted by Crippen LogP contribution is 2.37. The van der Waals surface area contributed by atoms with Gasteiger partial charge in [-0.15, -0.1) is 0 Å². The highest BCUT2D eigenvalue weighted by molar-refractivity contribution is 8.18. The molecule has 41 heavy (non-hydrogen) atoms. The molecule has 1 aliphatic heterocycles. The highest BCUT2D eigenvalue weighted by atomic mass is 32.2. The molecule has 0 aromatic heterocycles. The first-order chi connectivity index (χ1) is 19.8. The number of fused-ring (bicyclic) bond motifs is 1. The monoisotopic (exact) mass is 568 g/mol. The number of imide groups is 1. The van der Waals surface area contributed by atoms with Crippen molar-refractivity contribution in [1.29, 1.82) is 0 Å². The molecule has 10 heteroatoms. The molecule has 0 unspecified atom stereocenters. The molecule has 1 aliphatic rings. The molecule has 4 aromatic carbocycles. The van der Waals surface area contributed by atoms with Crippen molar-refractivity contribution < 1.29 is 33.8 Å². The number of hydrogen-bond donors (Lipinski definition) is 2. The molecule has 0 bridgehead atoms. The van der Waals surface area contributed by atoms with E-state index in [2.05, 4.69) is 5.32 Å². The van der Waals surface area contributed by atoms with Gasteiger partial charge in [-0.3, -0.25) is 19.3 Å². The molecular weight excluding hydrogens is 544 g/mol. The molecule has 4 aromatic rings. The summed E-state index contributed by atoms with van der Waals surface area (Å²) in [4.78, 5) is 50.8. The average Bonchev–Trinajstić information content (AvgIpc) is 3.24. The zero-order chi connectivity index (χ0) is 28.9. The maximum Gasteiger partial charge on any atom is 0.335 e. The van der Waals surface area contributed by atoms with Crippen LogP contribution in [0.4, 0.5) is 10.5 Å². The Morgan fingerprint density at radius 3 is 2.39 bits per heavy atom. The van der Waals surface area contributed by atoms with Gasteiger partial charge in [-0.05, 0) is 76.6 Å². The summed E-state index contributed by atoms with van der Waals surface area (Å²) >= 11 is 0.757. The largest absolute Gasteiger partial charge is 0.497 e. The number of rotatable bonds is 9. The standard InChI is InChI=1S/C31H24N2O7S/c1-39-23-13-11-22(12-14-23)32-28(34)17-33-29(35)27(41-31(33)38)16-25-24-5-3-2-4-20(24)10-15-26(25)40-18-19-6-8-21(9-7-19)30(36)37/h2-16H,17-18H2,1H3,(H,32,34)(H,36,37)/b27-16+. The van der Waals surface area contributed by atoms with E-state index in [4.69, 9.17) is 14.6 Å². The minimum absolute atomic E-state index is 0.159. The molecule has 1 fully saturated rings. The van der Waals surface area contributed by atoms with E-state index in [9.17, 15) is 19.2 Å². The van der Waals surface area contributed by atoms with Crippen LogP contribution < -0.4 is 14.8 Å². The lowest BCUT2D eigenvalue weighted by Crippen LogP contribution is -2.36. The van der Waals surface area contributed by atoms with Crippen molar-refractivity contribution in [3.63, 3.8) is 0 Å². The summed E-state index contributed by atoms with van der Waals surface area (Å²) in [5, 5.41) is 13.0. The van der Waals surface area contributed by atoms with Crippen LogP contribution >= 0.6 is 11.8 Å². The predicted octanol–water partition coefficient (Wildman–Crippen LogP) is 5.80. The number of methoxy groups -OCH3 is 1. The van der Waals surface area contributed by atoms with E-state index in [1.807, 2.05) is 30.3 Å². The zero-order valence-electron chi connectivity index (χ0n) is 21.8. The number of hydrogen-bond acceptors (Lipinski definition) is 7. The van der Waals surface area contributed by atoms with Crippen molar-refractivity contribution in [2.45, 2.75) is 6.61 Å². The van der Waals surface area contributed by atoms with Gasteiger partial charge in [0.05, 0.1) is 17.6 Å². The number of benzene rings is 4. The van der Waals surface area contributed by atoms with Gasteiger partial charge >= 0.3 is 5.97 Å².